The van der Waals surface area contributed by atoms with Crippen LogP contribution < -0.4 is 5.32 Å². The van der Waals surface area contributed by atoms with E-state index in [-0.39, 0.29) is 0 Å². The number of hydrogen-bond donors (Lipinski definition) is 1. The van der Waals surface area contributed by atoms with Crippen LogP contribution in [0.25, 0.3) is 0 Å². The van der Waals surface area contributed by atoms with Crippen molar-refractivity contribution in [2.24, 2.45) is 5.41 Å². The van der Waals surface area contributed by atoms with Gasteiger partial charge in [-0.2, -0.15) is 0 Å². The molecule has 0 radical (unpaired) electrons. The molecule has 0 aliphatic heterocycles. The van der Waals surface area contributed by atoms with Gasteiger partial charge in [0.2, 0.25) is 0 Å². The third-order valence-corrected chi connectivity index (χ3v) is 3.61. The summed E-state index contributed by atoms with van der Waals surface area (Å²) in [6.45, 7) is 5.56. The normalized spacial score (nSPS) is 25.5. The summed E-state index contributed by atoms with van der Waals surface area (Å²) in [5, 5.41) is 7.35. The summed E-state index contributed by atoms with van der Waals surface area (Å²) < 4.78 is 3.83. The van der Waals surface area contributed by atoms with Crippen molar-refractivity contribution in [1.82, 2.24) is 14.9 Å². The van der Waals surface area contributed by atoms with Crippen molar-refractivity contribution in [1.29, 1.82) is 0 Å². The van der Waals surface area contributed by atoms with Crippen molar-refractivity contribution in [2.45, 2.75) is 39.3 Å². The van der Waals surface area contributed by atoms with Gasteiger partial charge in [-0.25, -0.2) is 0 Å². The van der Waals surface area contributed by atoms with E-state index in [1.807, 2.05) is 6.20 Å². The van der Waals surface area contributed by atoms with Gasteiger partial charge in [0.15, 0.2) is 0 Å². The van der Waals surface area contributed by atoms with Gasteiger partial charge >= 0.3 is 0 Å². The number of aromatic nitrogens is 2. The molecule has 1 saturated carbocycles. The van der Waals surface area contributed by atoms with Crippen LogP contribution in [0.4, 0.5) is 0 Å². The van der Waals surface area contributed by atoms with E-state index in [0.29, 0.717) is 11.5 Å². The summed E-state index contributed by atoms with van der Waals surface area (Å²) in [6, 6.07) is 0.676. The Morgan fingerprint density at radius 1 is 1.69 bits per heavy atom. The highest BCUT2D eigenvalue weighted by molar-refractivity contribution is 7.05. The van der Waals surface area contributed by atoms with Crippen LogP contribution in [-0.2, 0) is 6.54 Å². The van der Waals surface area contributed by atoms with E-state index in [9.17, 15) is 0 Å². The molecule has 1 aliphatic rings. The van der Waals surface area contributed by atoms with Gasteiger partial charge in [0.05, 0.1) is 11.1 Å². The smallest absolute Gasteiger partial charge is 0.0666 e. The van der Waals surface area contributed by atoms with Crippen LogP contribution in [0.15, 0.2) is 6.20 Å². The van der Waals surface area contributed by atoms with Gasteiger partial charge in [0.1, 0.15) is 0 Å². The standard InChI is InChI=1S/C9H15N3S/c1-9(2)4-3-8(9)10-5-7-6-11-12-13-7/h6,8,10H,3-5H2,1-2H3. The largest absolute Gasteiger partial charge is 0.308 e. The molecular formula is C9H15N3S. The fourth-order valence-electron chi connectivity index (χ4n) is 1.73. The predicted octanol–water partition coefficient (Wildman–Crippen LogP) is 1.82. The SMILES string of the molecule is CC1(C)CCC1NCc1cnns1. The van der Waals surface area contributed by atoms with E-state index >= 15 is 0 Å². The number of rotatable bonds is 3. The van der Waals surface area contributed by atoms with Gasteiger partial charge in [-0.1, -0.05) is 18.3 Å². The van der Waals surface area contributed by atoms with Crippen LogP contribution in [0.2, 0.25) is 0 Å². The molecule has 72 valence electrons. The number of hydrogen-bond acceptors (Lipinski definition) is 4. The second kappa shape index (κ2) is 3.35. The second-order valence-corrected chi connectivity index (χ2v) is 5.21. The predicted molar refractivity (Wildman–Crippen MR) is 53.6 cm³/mol. The third-order valence-electron chi connectivity index (χ3n) is 2.95. The monoisotopic (exact) mass is 197 g/mol. The minimum atomic E-state index is 0.484. The molecule has 1 unspecified atom stereocenters. The van der Waals surface area contributed by atoms with Crippen molar-refractivity contribution >= 4 is 11.5 Å². The van der Waals surface area contributed by atoms with Crippen molar-refractivity contribution in [3.63, 3.8) is 0 Å². The lowest BCUT2D eigenvalue weighted by Crippen LogP contribution is -2.49. The highest BCUT2D eigenvalue weighted by Crippen LogP contribution is 2.39. The molecule has 0 bridgehead atoms. The zero-order chi connectivity index (χ0) is 9.31. The Morgan fingerprint density at radius 2 is 2.54 bits per heavy atom. The number of nitrogens with zero attached hydrogens (tertiary/aromatic N) is 2. The maximum Gasteiger partial charge on any atom is 0.0666 e. The van der Waals surface area contributed by atoms with Crippen molar-refractivity contribution in [3.05, 3.63) is 11.1 Å². The Hall–Kier alpha value is -0.480. The lowest BCUT2D eigenvalue weighted by molar-refractivity contribution is 0.108. The van der Waals surface area contributed by atoms with E-state index in [4.69, 9.17) is 0 Å². The molecule has 13 heavy (non-hydrogen) atoms. The lowest BCUT2D eigenvalue weighted by Gasteiger charge is -2.45. The minimum Gasteiger partial charge on any atom is -0.308 e. The first-order valence-corrected chi connectivity index (χ1v) is 5.45. The van der Waals surface area contributed by atoms with Crippen LogP contribution in [0.5, 0.6) is 0 Å². The lowest BCUT2D eigenvalue weighted by atomic mass is 9.67. The summed E-state index contributed by atoms with van der Waals surface area (Å²) in [5.74, 6) is 0. The van der Waals surface area contributed by atoms with E-state index in [1.165, 1.54) is 29.3 Å². The summed E-state index contributed by atoms with van der Waals surface area (Å²) in [5.41, 5.74) is 0.484. The molecule has 0 spiro atoms. The van der Waals surface area contributed by atoms with Crippen molar-refractivity contribution in [2.75, 3.05) is 0 Å². The Bertz CT molecular complexity index is 268. The molecule has 1 heterocycles. The Labute approximate surface area is 82.7 Å². The first-order chi connectivity index (χ1) is 6.18. The van der Waals surface area contributed by atoms with Crippen LogP contribution in [0.1, 0.15) is 31.6 Å². The fourth-order valence-corrected chi connectivity index (χ4v) is 2.17. The average molecular weight is 197 g/mol. The highest BCUT2D eigenvalue weighted by Gasteiger charge is 2.37. The zero-order valence-electron chi connectivity index (χ0n) is 8.08. The summed E-state index contributed by atoms with van der Waals surface area (Å²) in [6.07, 6.45) is 4.48. The summed E-state index contributed by atoms with van der Waals surface area (Å²) >= 11 is 1.48. The average Bonchev–Trinajstić information content (AvgIpc) is 2.55. The van der Waals surface area contributed by atoms with Crippen LogP contribution in [0, 0.1) is 5.41 Å². The molecule has 1 aliphatic carbocycles. The molecule has 2 rings (SSSR count). The molecule has 0 amide bonds. The van der Waals surface area contributed by atoms with E-state index in [2.05, 4.69) is 28.8 Å². The van der Waals surface area contributed by atoms with Gasteiger partial charge in [-0.05, 0) is 29.8 Å². The first-order valence-electron chi connectivity index (χ1n) is 4.68. The van der Waals surface area contributed by atoms with Crippen LogP contribution >= 0.6 is 11.5 Å². The van der Waals surface area contributed by atoms with Gasteiger partial charge in [-0.15, -0.1) is 5.10 Å². The molecule has 4 heteroatoms. The van der Waals surface area contributed by atoms with E-state index in [1.54, 1.807) is 0 Å². The Kier molecular flexibility index (Phi) is 2.34. The topological polar surface area (TPSA) is 37.8 Å². The maximum absolute atomic E-state index is 3.83. The molecule has 1 fully saturated rings. The molecule has 1 aromatic heterocycles. The van der Waals surface area contributed by atoms with Crippen molar-refractivity contribution < 1.29 is 0 Å². The Balaban J connectivity index is 1.81. The van der Waals surface area contributed by atoms with Gasteiger partial charge < -0.3 is 5.32 Å². The second-order valence-electron chi connectivity index (χ2n) is 4.34. The summed E-state index contributed by atoms with van der Waals surface area (Å²) in [4.78, 5) is 1.22. The van der Waals surface area contributed by atoms with Gasteiger partial charge in [0.25, 0.3) is 0 Å². The highest BCUT2D eigenvalue weighted by atomic mass is 32.1. The van der Waals surface area contributed by atoms with Crippen LogP contribution in [-0.4, -0.2) is 15.6 Å². The molecule has 0 aromatic carbocycles. The molecule has 1 N–H and O–H groups in total. The number of nitrogens with one attached hydrogen (secondary N) is 1. The molecule has 0 saturated heterocycles. The summed E-state index contributed by atoms with van der Waals surface area (Å²) in [7, 11) is 0. The van der Waals surface area contributed by atoms with Crippen molar-refractivity contribution in [3.8, 4) is 0 Å². The van der Waals surface area contributed by atoms with Crippen LogP contribution in [0.3, 0.4) is 0 Å². The minimum absolute atomic E-state index is 0.484. The quantitative estimate of drug-likeness (QED) is 0.803. The molecule has 1 atom stereocenters. The third kappa shape index (κ3) is 1.89. The molecular weight excluding hydrogens is 182 g/mol. The fraction of sp³-hybridized carbons (Fsp3) is 0.778. The molecule has 3 nitrogen and oxygen atoms in total. The zero-order valence-corrected chi connectivity index (χ0v) is 8.90. The van der Waals surface area contributed by atoms with E-state index in [0.717, 1.165) is 6.54 Å². The maximum atomic E-state index is 3.83. The first kappa shape index (κ1) is 9.09. The van der Waals surface area contributed by atoms with E-state index < -0.39 is 0 Å². The van der Waals surface area contributed by atoms with Gasteiger partial charge in [0, 0.05) is 12.6 Å². The van der Waals surface area contributed by atoms with Gasteiger partial charge in [-0.3, -0.25) is 0 Å². The molecule has 1 aromatic rings. The Morgan fingerprint density at radius 3 is 3.00 bits per heavy atom.